The molecule has 1 fully saturated rings. The Bertz CT molecular complexity index is 499. The Hall–Kier alpha value is -0.590. The fourth-order valence-corrected chi connectivity index (χ4v) is 3.95. The molecule has 0 aliphatic carbocycles. The van der Waals surface area contributed by atoms with Crippen molar-refractivity contribution in [2.75, 3.05) is 20.2 Å². The van der Waals surface area contributed by atoms with Crippen LogP contribution in [0.3, 0.4) is 0 Å². The number of likely N-dealkylation sites (tertiary alicyclic amines) is 1. The quantitative estimate of drug-likeness (QED) is 0.795. The lowest BCUT2D eigenvalue weighted by molar-refractivity contribution is -0.132. The largest absolute Gasteiger partial charge is 0.492 e. The van der Waals surface area contributed by atoms with Gasteiger partial charge in [-0.05, 0) is 62.9 Å². The molecule has 4 nitrogen and oxygen atoms in total. The summed E-state index contributed by atoms with van der Waals surface area (Å²) in [7, 11) is 1.86. The number of nitrogens with one attached hydrogen (secondary N) is 1. The monoisotopic (exact) mass is 418 g/mol. The highest BCUT2D eigenvalue weighted by Gasteiger charge is 2.22. The van der Waals surface area contributed by atoms with E-state index in [0.717, 1.165) is 34.2 Å². The topological polar surface area (TPSA) is 41.6 Å². The summed E-state index contributed by atoms with van der Waals surface area (Å²) in [5.41, 5.74) is 1.18. The van der Waals surface area contributed by atoms with Gasteiger partial charge in [0.2, 0.25) is 5.91 Å². The van der Waals surface area contributed by atoms with Crippen molar-refractivity contribution >= 4 is 37.8 Å². The van der Waals surface area contributed by atoms with Gasteiger partial charge < -0.3 is 15.0 Å². The maximum Gasteiger partial charge on any atom is 0.222 e. The van der Waals surface area contributed by atoms with Gasteiger partial charge >= 0.3 is 0 Å². The lowest BCUT2D eigenvalue weighted by atomic mass is 10.1. The van der Waals surface area contributed by atoms with Crippen LogP contribution in [0.4, 0.5) is 0 Å². The van der Waals surface area contributed by atoms with E-state index in [2.05, 4.69) is 49.3 Å². The van der Waals surface area contributed by atoms with Gasteiger partial charge in [-0.3, -0.25) is 4.79 Å². The fourth-order valence-electron chi connectivity index (χ4n) is 2.44. The second-order valence-electron chi connectivity index (χ2n) is 5.21. The molecule has 1 aliphatic rings. The maximum absolute atomic E-state index is 11.5. The van der Waals surface area contributed by atoms with Crippen LogP contribution in [0.5, 0.6) is 5.75 Å². The molecule has 2 rings (SSSR count). The zero-order valence-corrected chi connectivity index (χ0v) is 15.5. The molecule has 1 atom stereocenters. The molecule has 1 aliphatic heterocycles. The summed E-state index contributed by atoms with van der Waals surface area (Å²) in [5.74, 6) is 1.07. The van der Waals surface area contributed by atoms with Crippen molar-refractivity contribution in [2.45, 2.75) is 32.4 Å². The third kappa shape index (κ3) is 4.44. The Labute approximate surface area is 142 Å². The third-order valence-corrected chi connectivity index (χ3v) is 4.75. The van der Waals surface area contributed by atoms with Crippen molar-refractivity contribution in [3.8, 4) is 5.75 Å². The number of carbonyl (C=O) groups excluding carboxylic acids is 1. The first-order valence-electron chi connectivity index (χ1n) is 7.09. The van der Waals surface area contributed by atoms with Crippen molar-refractivity contribution in [1.82, 2.24) is 10.2 Å². The molecule has 0 saturated carbocycles. The van der Waals surface area contributed by atoms with Crippen LogP contribution in [-0.2, 0) is 11.3 Å². The molecule has 0 aromatic heterocycles. The summed E-state index contributed by atoms with van der Waals surface area (Å²) in [6, 6.07) is 4.50. The predicted molar refractivity (Wildman–Crippen MR) is 90.5 cm³/mol. The normalized spacial score (nSPS) is 19.0. The van der Waals surface area contributed by atoms with Gasteiger partial charge in [-0.2, -0.15) is 0 Å². The number of hydrogen-bond acceptors (Lipinski definition) is 3. The van der Waals surface area contributed by atoms with Gasteiger partial charge in [-0.25, -0.2) is 0 Å². The smallest absolute Gasteiger partial charge is 0.222 e. The van der Waals surface area contributed by atoms with Crippen molar-refractivity contribution in [3.63, 3.8) is 0 Å². The molecule has 116 valence electrons. The van der Waals surface area contributed by atoms with Crippen molar-refractivity contribution in [1.29, 1.82) is 0 Å². The van der Waals surface area contributed by atoms with Gasteiger partial charge in [-0.1, -0.05) is 0 Å². The highest BCUT2D eigenvalue weighted by atomic mass is 79.9. The zero-order chi connectivity index (χ0) is 15.4. The molecular weight excluding hydrogens is 400 g/mol. The standard InChI is InChI=1S/C15H20Br2N2O2/c1-3-21-15-12(16)6-10(7-13(15)17)8-18-11-4-5-14(20)19(2)9-11/h6-7,11,18H,3-5,8-9H2,1-2H3. The lowest BCUT2D eigenvalue weighted by Gasteiger charge is -2.30. The highest BCUT2D eigenvalue weighted by molar-refractivity contribution is 9.11. The first-order chi connectivity index (χ1) is 10.0. The number of rotatable bonds is 5. The molecule has 1 aromatic carbocycles. The number of piperidine rings is 1. The van der Waals surface area contributed by atoms with E-state index in [4.69, 9.17) is 4.74 Å². The molecule has 1 unspecified atom stereocenters. The Morgan fingerprint density at radius 3 is 2.62 bits per heavy atom. The summed E-state index contributed by atoms with van der Waals surface area (Å²) in [5, 5.41) is 3.52. The van der Waals surface area contributed by atoms with Crippen LogP contribution < -0.4 is 10.1 Å². The van der Waals surface area contributed by atoms with E-state index in [-0.39, 0.29) is 5.91 Å². The molecule has 1 N–H and O–H groups in total. The number of likely N-dealkylation sites (N-methyl/N-ethyl adjacent to an activating group) is 1. The predicted octanol–water partition coefficient (Wildman–Crippen LogP) is 3.32. The van der Waals surface area contributed by atoms with Crippen LogP contribution in [0.1, 0.15) is 25.3 Å². The molecule has 1 saturated heterocycles. The van der Waals surface area contributed by atoms with Crippen molar-refractivity contribution in [3.05, 3.63) is 26.6 Å². The van der Waals surface area contributed by atoms with Gasteiger partial charge in [0.1, 0.15) is 5.75 Å². The number of nitrogens with zero attached hydrogens (tertiary/aromatic N) is 1. The van der Waals surface area contributed by atoms with Crippen LogP contribution in [0.15, 0.2) is 21.1 Å². The summed E-state index contributed by atoms with van der Waals surface area (Å²) < 4.78 is 7.49. The van der Waals surface area contributed by atoms with Crippen LogP contribution in [0.25, 0.3) is 0 Å². The Morgan fingerprint density at radius 2 is 2.05 bits per heavy atom. The number of amides is 1. The van der Waals surface area contributed by atoms with Crippen molar-refractivity contribution < 1.29 is 9.53 Å². The molecule has 21 heavy (non-hydrogen) atoms. The number of carbonyl (C=O) groups is 1. The van der Waals surface area contributed by atoms with Crippen LogP contribution >= 0.6 is 31.9 Å². The first-order valence-corrected chi connectivity index (χ1v) is 8.68. The van der Waals surface area contributed by atoms with E-state index in [1.807, 2.05) is 14.0 Å². The lowest BCUT2D eigenvalue weighted by Crippen LogP contribution is -2.46. The van der Waals surface area contributed by atoms with Gasteiger partial charge in [0, 0.05) is 32.6 Å². The average molecular weight is 420 g/mol. The molecule has 1 aromatic rings. The molecule has 0 radical (unpaired) electrons. The minimum absolute atomic E-state index is 0.236. The van der Waals surface area contributed by atoms with E-state index >= 15 is 0 Å². The van der Waals surface area contributed by atoms with E-state index in [1.54, 1.807) is 4.90 Å². The molecule has 1 amide bonds. The summed E-state index contributed by atoms with van der Waals surface area (Å²) in [6.07, 6.45) is 1.54. The number of halogens is 2. The van der Waals surface area contributed by atoms with Crippen LogP contribution in [0, 0.1) is 0 Å². The minimum atomic E-state index is 0.236. The molecule has 1 heterocycles. The Morgan fingerprint density at radius 1 is 1.38 bits per heavy atom. The molecule has 0 bridgehead atoms. The third-order valence-electron chi connectivity index (χ3n) is 3.57. The van der Waals surface area contributed by atoms with E-state index in [1.165, 1.54) is 5.56 Å². The second kappa shape index (κ2) is 7.61. The van der Waals surface area contributed by atoms with Gasteiger partial charge in [0.15, 0.2) is 0 Å². The fraction of sp³-hybridized carbons (Fsp3) is 0.533. The SMILES string of the molecule is CCOc1c(Br)cc(CNC2CCC(=O)N(C)C2)cc1Br. The molecule has 0 spiro atoms. The zero-order valence-electron chi connectivity index (χ0n) is 12.3. The summed E-state index contributed by atoms with van der Waals surface area (Å²) >= 11 is 7.09. The van der Waals surface area contributed by atoms with Crippen LogP contribution in [0.2, 0.25) is 0 Å². The Kier molecular flexibility index (Phi) is 6.08. The van der Waals surface area contributed by atoms with Gasteiger partial charge in [0.25, 0.3) is 0 Å². The number of ether oxygens (including phenoxy) is 1. The highest BCUT2D eigenvalue weighted by Crippen LogP contribution is 2.34. The van der Waals surface area contributed by atoms with E-state index < -0.39 is 0 Å². The van der Waals surface area contributed by atoms with E-state index in [9.17, 15) is 4.79 Å². The molecule has 6 heteroatoms. The minimum Gasteiger partial charge on any atom is -0.492 e. The average Bonchev–Trinajstić information content (AvgIpc) is 2.44. The van der Waals surface area contributed by atoms with E-state index in [0.29, 0.717) is 19.1 Å². The molecular formula is C15H20Br2N2O2. The van der Waals surface area contributed by atoms with Gasteiger partial charge in [0.05, 0.1) is 15.6 Å². The second-order valence-corrected chi connectivity index (χ2v) is 6.92. The first kappa shape index (κ1) is 16.8. The maximum atomic E-state index is 11.5. The number of benzene rings is 1. The van der Waals surface area contributed by atoms with Crippen molar-refractivity contribution in [2.24, 2.45) is 0 Å². The number of hydrogen-bond donors (Lipinski definition) is 1. The van der Waals surface area contributed by atoms with Gasteiger partial charge in [-0.15, -0.1) is 0 Å². The summed E-state index contributed by atoms with van der Waals surface area (Å²) in [6.45, 7) is 4.15. The summed E-state index contributed by atoms with van der Waals surface area (Å²) in [4.78, 5) is 13.3. The van der Waals surface area contributed by atoms with Crippen LogP contribution in [-0.4, -0.2) is 37.0 Å². The Balaban J connectivity index is 1.96.